The first-order chi connectivity index (χ1) is 9.56. The topological polar surface area (TPSA) is 53.4 Å². The Morgan fingerprint density at radius 2 is 2.10 bits per heavy atom. The van der Waals surface area contributed by atoms with E-state index in [0.717, 1.165) is 28.8 Å². The standard InChI is InChI=1S/C15H15BrN2O2/c1-18(10-13-4-2-3-7-17-13)9-12-6-5-11(15(19)20)8-14(12)16/h2-8H,9-10H2,1H3,(H,19,20). The highest BCUT2D eigenvalue weighted by molar-refractivity contribution is 9.10. The molecule has 1 N–H and O–H groups in total. The Morgan fingerprint density at radius 1 is 1.30 bits per heavy atom. The van der Waals surface area contributed by atoms with Crippen molar-refractivity contribution in [2.75, 3.05) is 7.05 Å². The van der Waals surface area contributed by atoms with Crippen LogP contribution < -0.4 is 0 Å². The molecule has 0 spiro atoms. The molecule has 20 heavy (non-hydrogen) atoms. The molecule has 4 nitrogen and oxygen atoms in total. The van der Waals surface area contributed by atoms with Gasteiger partial charge in [0.1, 0.15) is 0 Å². The fourth-order valence-electron chi connectivity index (χ4n) is 1.92. The quantitative estimate of drug-likeness (QED) is 0.912. The second-order valence-electron chi connectivity index (χ2n) is 4.60. The zero-order chi connectivity index (χ0) is 14.5. The van der Waals surface area contributed by atoms with Crippen LogP contribution in [0.15, 0.2) is 47.1 Å². The number of carboxylic acid groups (broad SMARTS) is 1. The molecule has 0 aliphatic rings. The summed E-state index contributed by atoms with van der Waals surface area (Å²) in [5.74, 6) is -0.918. The largest absolute Gasteiger partial charge is 0.478 e. The fourth-order valence-corrected chi connectivity index (χ4v) is 2.43. The summed E-state index contributed by atoms with van der Waals surface area (Å²) in [6, 6.07) is 10.9. The summed E-state index contributed by atoms with van der Waals surface area (Å²) in [6.07, 6.45) is 1.78. The Balaban J connectivity index is 2.04. The van der Waals surface area contributed by atoms with E-state index in [4.69, 9.17) is 5.11 Å². The lowest BCUT2D eigenvalue weighted by Crippen LogP contribution is -2.18. The number of carboxylic acids is 1. The summed E-state index contributed by atoms with van der Waals surface area (Å²) in [4.78, 5) is 17.3. The van der Waals surface area contributed by atoms with Gasteiger partial charge in [-0.1, -0.05) is 28.1 Å². The van der Waals surface area contributed by atoms with Crippen molar-refractivity contribution in [1.29, 1.82) is 0 Å². The molecule has 0 atom stereocenters. The van der Waals surface area contributed by atoms with Gasteiger partial charge in [-0.2, -0.15) is 0 Å². The predicted molar refractivity (Wildman–Crippen MR) is 80.5 cm³/mol. The zero-order valence-corrected chi connectivity index (χ0v) is 12.7. The Bertz CT molecular complexity index is 602. The summed E-state index contributed by atoms with van der Waals surface area (Å²) in [7, 11) is 2.01. The molecule has 0 unspecified atom stereocenters. The number of hydrogen-bond donors (Lipinski definition) is 1. The maximum atomic E-state index is 10.9. The Kier molecular flexibility index (Phi) is 4.87. The average molecular weight is 335 g/mol. The number of nitrogens with zero attached hydrogens (tertiary/aromatic N) is 2. The van der Waals surface area contributed by atoms with Crippen LogP contribution in [0.5, 0.6) is 0 Å². The molecule has 0 saturated carbocycles. The van der Waals surface area contributed by atoms with Gasteiger partial charge in [0.05, 0.1) is 11.3 Å². The van der Waals surface area contributed by atoms with Crippen LogP contribution in [0, 0.1) is 0 Å². The normalized spacial score (nSPS) is 10.8. The molecule has 1 aromatic heterocycles. The molecule has 1 heterocycles. The van der Waals surface area contributed by atoms with E-state index in [9.17, 15) is 4.79 Å². The van der Waals surface area contributed by atoms with Crippen LogP contribution in [0.1, 0.15) is 21.6 Å². The van der Waals surface area contributed by atoms with Gasteiger partial charge >= 0.3 is 5.97 Å². The summed E-state index contributed by atoms with van der Waals surface area (Å²) < 4.78 is 0.810. The molecule has 104 valence electrons. The Labute approximate surface area is 126 Å². The van der Waals surface area contributed by atoms with Gasteiger partial charge in [0.25, 0.3) is 0 Å². The molecular formula is C15H15BrN2O2. The van der Waals surface area contributed by atoms with Gasteiger partial charge in [0, 0.05) is 23.8 Å². The first-order valence-electron chi connectivity index (χ1n) is 6.16. The number of pyridine rings is 1. The number of aromatic nitrogens is 1. The van der Waals surface area contributed by atoms with Crippen molar-refractivity contribution in [2.45, 2.75) is 13.1 Å². The van der Waals surface area contributed by atoms with E-state index in [-0.39, 0.29) is 5.56 Å². The van der Waals surface area contributed by atoms with E-state index in [1.54, 1.807) is 18.3 Å². The third-order valence-corrected chi connectivity index (χ3v) is 3.64. The maximum absolute atomic E-state index is 10.9. The Morgan fingerprint density at radius 3 is 2.70 bits per heavy atom. The zero-order valence-electron chi connectivity index (χ0n) is 11.1. The number of rotatable bonds is 5. The molecule has 2 aromatic rings. The highest BCUT2D eigenvalue weighted by Gasteiger charge is 2.09. The van der Waals surface area contributed by atoms with Crippen molar-refractivity contribution in [2.24, 2.45) is 0 Å². The molecule has 1 aromatic carbocycles. The molecule has 0 fully saturated rings. The van der Waals surface area contributed by atoms with Crippen LogP contribution in [-0.2, 0) is 13.1 Å². The van der Waals surface area contributed by atoms with Crippen LogP contribution in [0.25, 0.3) is 0 Å². The molecular weight excluding hydrogens is 320 g/mol. The van der Waals surface area contributed by atoms with E-state index in [1.807, 2.05) is 31.3 Å². The number of halogens is 1. The fraction of sp³-hybridized carbons (Fsp3) is 0.200. The molecule has 0 radical (unpaired) electrons. The van der Waals surface area contributed by atoms with Crippen LogP contribution in [-0.4, -0.2) is 28.0 Å². The molecule has 0 amide bonds. The van der Waals surface area contributed by atoms with E-state index >= 15 is 0 Å². The summed E-state index contributed by atoms with van der Waals surface area (Å²) in [5.41, 5.74) is 2.34. The van der Waals surface area contributed by atoms with Crippen LogP contribution in [0.3, 0.4) is 0 Å². The Hall–Kier alpha value is -1.72. The van der Waals surface area contributed by atoms with Crippen LogP contribution in [0.2, 0.25) is 0 Å². The van der Waals surface area contributed by atoms with Gasteiger partial charge < -0.3 is 5.11 Å². The van der Waals surface area contributed by atoms with Crippen molar-refractivity contribution in [3.63, 3.8) is 0 Å². The second kappa shape index (κ2) is 6.63. The van der Waals surface area contributed by atoms with Crippen molar-refractivity contribution >= 4 is 21.9 Å². The van der Waals surface area contributed by atoms with E-state index in [1.165, 1.54) is 0 Å². The first-order valence-corrected chi connectivity index (χ1v) is 6.96. The third-order valence-electron chi connectivity index (χ3n) is 2.90. The van der Waals surface area contributed by atoms with Crippen molar-refractivity contribution in [3.05, 3.63) is 63.9 Å². The van der Waals surface area contributed by atoms with Gasteiger partial charge in [-0.3, -0.25) is 9.88 Å². The SMILES string of the molecule is CN(Cc1ccccn1)Cc1ccc(C(=O)O)cc1Br. The van der Waals surface area contributed by atoms with Gasteiger partial charge in [0.15, 0.2) is 0 Å². The van der Waals surface area contributed by atoms with Crippen LogP contribution >= 0.6 is 15.9 Å². The van der Waals surface area contributed by atoms with E-state index in [0.29, 0.717) is 0 Å². The summed E-state index contributed by atoms with van der Waals surface area (Å²) >= 11 is 3.42. The smallest absolute Gasteiger partial charge is 0.335 e. The minimum absolute atomic E-state index is 0.285. The summed E-state index contributed by atoms with van der Waals surface area (Å²) in [5, 5.41) is 8.94. The molecule has 0 saturated heterocycles. The molecule has 2 rings (SSSR count). The highest BCUT2D eigenvalue weighted by atomic mass is 79.9. The van der Waals surface area contributed by atoms with Gasteiger partial charge in [-0.15, -0.1) is 0 Å². The van der Waals surface area contributed by atoms with E-state index in [2.05, 4.69) is 25.8 Å². The number of benzene rings is 1. The minimum Gasteiger partial charge on any atom is -0.478 e. The number of hydrogen-bond acceptors (Lipinski definition) is 3. The molecule has 0 aliphatic carbocycles. The van der Waals surface area contributed by atoms with Gasteiger partial charge in [0.2, 0.25) is 0 Å². The maximum Gasteiger partial charge on any atom is 0.335 e. The van der Waals surface area contributed by atoms with Crippen molar-refractivity contribution < 1.29 is 9.90 Å². The second-order valence-corrected chi connectivity index (χ2v) is 5.46. The monoisotopic (exact) mass is 334 g/mol. The summed E-state index contributed by atoms with van der Waals surface area (Å²) in [6.45, 7) is 1.46. The van der Waals surface area contributed by atoms with Gasteiger partial charge in [-0.05, 0) is 36.9 Å². The number of aromatic carboxylic acids is 1. The van der Waals surface area contributed by atoms with Gasteiger partial charge in [-0.25, -0.2) is 4.79 Å². The molecule has 0 aliphatic heterocycles. The lowest BCUT2D eigenvalue weighted by Gasteiger charge is -2.17. The predicted octanol–water partition coefficient (Wildman–Crippen LogP) is 3.17. The molecule has 5 heteroatoms. The number of carbonyl (C=O) groups is 1. The minimum atomic E-state index is -0.918. The van der Waals surface area contributed by atoms with Crippen LogP contribution in [0.4, 0.5) is 0 Å². The first kappa shape index (κ1) is 14.7. The lowest BCUT2D eigenvalue weighted by molar-refractivity contribution is 0.0697. The third kappa shape index (κ3) is 3.88. The lowest BCUT2D eigenvalue weighted by atomic mass is 10.1. The molecule has 0 bridgehead atoms. The van der Waals surface area contributed by atoms with Crippen molar-refractivity contribution in [1.82, 2.24) is 9.88 Å². The highest BCUT2D eigenvalue weighted by Crippen LogP contribution is 2.20. The van der Waals surface area contributed by atoms with Crippen molar-refractivity contribution in [3.8, 4) is 0 Å². The average Bonchev–Trinajstić information content (AvgIpc) is 2.42. The van der Waals surface area contributed by atoms with E-state index < -0.39 is 5.97 Å².